The highest BCUT2D eigenvalue weighted by Crippen LogP contribution is 2.40. The summed E-state index contributed by atoms with van der Waals surface area (Å²) in [5.74, 6) is 0.494. The number of rotatable bonds is 3. The second-order valence-corrected chi connectivity index (χ2v) is 6.20. The van der Waals surface area contributed by atoms with E-state index in [0.29, 0.717) is 31.4 Å². The van der Waals surface area contributed by atoms with Crippen molar-refractivity contribution in [2.24, 2.45) is 0 Å². The fourth-order valence-corrected chi connectivity index (χ4v) is 3.21. The highest BCUT2D eigenvalue weighted by Gasteiger charge is 2.18. The van der Waals surface area contributed by atoms with Crippen molar-refractivity contribution in [3.8, 4) is 5.75 Å². The molecule has 0 bridgehead atoms. The summed E-state index contributed by atoms with van der Waals surface area (Å²) in [5.41, 5.74) is 1.41. The van der Waals surface area contributed by atoms with Crippen LogP contribution in [0.1, 0.15) is 16.5 Å². The topological polar surface area (TPSA) is 9.23 Å². The van der Waals surface area contributed by atoms with Gasteiger partial charge in [-0.05, 0) is 35.4 Å². The van der Waals surface area contributed by atoms with Gasteiger partial charge in [-0.25, -0.2) is 0 Å². The largest absolute Gasteiger partial charge is 0.495 e. The lowest BCUT2D eigenvalue weighted by atomic mass is 10.0. The molecule has 2 aromatic carbocycles. The molecule has 6 heteroatoms. The minimum absolute atomic E-state index is 0.436. The van der Waals surface area contributed by atoms with Crippen LogP contribution in [0, 0.1) is 0 Å². The van der Waals surface area contributed by atoms with Gasteiger partial charge in [0.25, 0.3) is 0 Å². The van der Waals surface area contributed by atoms with E-state index in [1.807, 2.05) is 0 Å². The molecule has 0 amide bonds. The first kappa shape index (κ1) is 16.1. The first-order valence-electron chi connectivity index (χ1n) is 5.55. The number of hydrogen-bond acceptors (Lipinski definition) is 1. The van der Waals surface area contributed by atoms with Gasteiger partial charge in [0.1, 0.15) is 5.75 Å². The van der Waals surface area contributed by atoms with Gasteiger partial charge >= 0.3 is 0 Å². The first-order valence-corrected chi connectivity index (χ1v) is 7.50. The Balaban J connectivity index is 2.47. The van der Waals surface area contributed by atoms with Crippen LogP contribution in [-0.4, -0.2) is 7.11 Å². The van der Waals surface area contributed by atoms with Crippen molar-refractivity contribution in [2.75, 3.05) is 7.11 Å². The minimum atomic E-state index is -0.512. The Morgan fingerprint density at radius 1 is 0.850 bits per heavy atom. The smallest absolute Gasteiger partial charge is 0.138 e. The second-order valence-electron chi connectivity index (χ2n) is 4.07. The molecule has 0 saturated heterocycles. The van der Waals surface area contributed by atoms with Crippen molar-refractivity contribution in [1.82, 2.24) is 0 Å². The quantitative estimate of drug-likeness (QED) is 0.551. The third-order valence-corrected chi connectivity index (χ3v) is 4.27. The van der Waals surface area contributed by atoms with Crippen molar-refractivity contribution in [3.05, 3.63) is 61.5 Å². The van der Waals surface area contributed by atoms with Crippen LogP contribution >= 0.6 is 58.0 Å². The number of ether oxygens (including phenoxy) is 1. The van der Waals surface area contributed by atoms with E-state index in [2.05, 4.69) is 0 Å². The van der Waals surface area contributed by atoms with E-state index >= 15 is 0 Å². The van der Waals surface area contributed by atoms with Crippen molar-refractivity contribution in [3.63, 3.8) is 0 Å². The fourth-order valence-electron chi connectivity index (χ4n) is 1.80. The molecule has 0 aliphatic carbocycles. The van der Waals surface area contributed by atoms with E-state index in [1.165, 1.54) is 7.11 Å². The van der Waals surface area contributed by atoms with E-state index in [4.69, 9.17) is 62.7 Å². The molecule has 0 saturated carbocycles. The van der Waals surface area contributed by atoms with Crippen LogP contribution in [0.15, 0.2) is 30.3 Å². The number of hydrogen-bond donors (Lipinski definition) is 0. The molecule has 0 aliphatic heterocycles. The SMILES string of the molecule is COc1cc(Cl)c(C(Cl)c2cc(Cl)cc(Cl)c2)cc1Cl. The Morgan fingerprint density at radius 2 is 1.45 bits per heavy atom. The molecular weight excluding hydrogens is 361 g/mol. The summed E-state index contributed by atoms with van der Waals surface area (Å²) < 4.78 is 5.10. The minimum Gasteiger partial charge on any atom is -0.495 e. The summed E-state index contributed by atoms with van der Waals surface area (Å²) in [6.07, 6.45) is 0. The molecule has 1 unspecified atom stereocenters. The molecule has 0 aromatic heterocycles. The standard InChI is InChI=1S/C14H9Cl5O/c1-20-13-6-11(17)10(5-12(13)18)14(19)7-2-8(15)4-9(16)3-7/h2-6,14H,1H3. The zero-order valence-corrected chi connectivity index (χ0v) is 14.0. The van der Waals surface area contributed by atoms with Crippen LogP contribution in [0.3, 0.4) is 0 Å². The van der Waals surface area contributed by atoms with Gasteiger partial charge in [0.05, 0.1) is 17.5 Å². The van der Waals surface area contributed by atoms with E-state index in [9.17, 15) is 0 Å². The summed E-state index contributed by atoms with van der Waals surface area (Å²) in [7, 11) is 1.52. The van der Waals surface area contributed by atoms with E-state index in [1.54, 1.807) is 30.3 Å². The molecule has 0 N–H and O–H groups in total. The molecule has 2 aromatic rings. The highest BCUT2D eigenvalue weighted by atomic mass is 35.5. The zero-order chi connectivity index (χ0) is 14.9. The van der Waals surface area contributed by atoms with Crippen molar-refractivity contribution in [2.45, 2.75) is 5.38 Å². The van der Waals surface area contributed by atoms with Crippen molar-refractivity contribution in [1.29, 1.82) is 0 Å². The maximum Gasteiger partial charge on any atom is 0.138 e. The van der Waals surface area contributed by atoms with Gasteiger partial charge in [-0.15, -0.1) is 11.6 Å². The summed E-state index contributed by atoms with van der Waals surface area (Å²) in [6.45, 7) is 0. The average molecular weight is 370 g/mol. The summed E-state index contributed by atoms with van der Waals surface area (Å²) in [5, 5.41) is 1.40. The van der Waals surface area contributed by atoms with Gasteiger partial charge in [-0.1, -0.05) is 46.4 Å². The van der Waals surface area contributed by atoms with Crippen LogP contribution < -0.4 is 4.74 Å². The fraction of sp³-hybridized carbons (Fsp3) is 0.143. The van der Waals surface area contributed by atoms with Gasteiger partial charge in [0.15, 0.2) is 0 Å². The van der Waals surface area contributed by atoms with Gasteiger partial charge in [0.2, 0.25) is 0 Å². The number of methoxy groups -OCH3 is 1. The lowest BCUT2D eigenvalue weighted by Gasteiger charge is -2.15. The predicted molar refractivity (Wildman–Crippen MR) is 87.2 cm³/mol. The summed E-state index contributed by atoms with van der Waals surface area (Å²) in [6, 6.07) is 8.41. The number of halogens is 5. The molecule has 0 spiro atoms. The highest BCUT2D eigenvalue weighted by molar-refractivity contribution is 6.36. The Morgan fingerprint density at radius 3 is 2.00 bits per heavy atom. The lowest BCUT2D eigenvalue weighted by Crippen LogP contribution is -1.96. The maximum atomic E-state index is 6.45. The van der Waals surface area contributed by atoms with Crippen LogP contribution in [-0.2, 0) is 0 Å². The van der Waals surface area contributed by atoms with Crippen LogP contribution in [0.25, 0.3) is 0 Å². The van der Waals surface area contributed by atoms with E-state index < -0.39 is 5.38 Å². The molecular formula is C14H9Cl5O. The monoisotopic (exact) mass is 368 g/mol. The second kappa shape index (κ2) is 6.64. The molecule has 20 heavy (non-hydrogen) atoms. The first-order chi connectivity index (χ1) is 9.42. The summed E-state index contributed by atoms with van der Waals surface area (Å²) in [4.78, 5) is 0. The Labute approximate surface area is 142 Å². The van der Waals surface area contributed by atoms with Gasteiger partial charge in [-0.2, -0.15) is 0 Å². The normalized spacial score (nSPS) is 12.3. The predicted octanol–water partition coefficient (Wildman–Crippen LogP) is 6.64. The van der Waals surface area contributed by atoms with Crippen molar-refractivity contribution >= 4 is 58.0 Å². The number of alkyl halides is 1. The number of benzene rings is 2. The van der Waals surface area contributed by atoms with Crippen LogP contribution in [0.2, 0.25) is 20.1 Å². The molecule has 106 valence electrons. The third-order valence-electron chi connectivity index (χ3n) is 2.72. The molecule has 1 atom stereocenters. The molecule has 0 fully saturated rings. The van der Waals surface area contributed by atoms with Gasteiger partial charge < -0.3 is 4.74 Å². The summed E-state index contributed by atoms with van der Waals surface area (Å²) >= 11 is 30.7. The third kappa shape index (κ3) is 3.47. The van der Waals surface area contributed by atoms with Gasteiger partial charge in [0, 0.05) is 21.1 Å². The van der Waals surface area contributed by atoms with Crippen LogP contribution in [0.5, 0.6) is 5.75 Å². The van der Waals surface area contributed by atoms with Crippen LogP contribution in [0.4, 0.5) is 0 Å². The molecule has 2 rings (SSSR count). The molecule has 0 heterocycles. The lowest BCUT2D eigenvalue weighted by molar-refractivity contribution is 0.415. The molecule has 0 radical (unpaired) electrons. The zero-order valence-electron chi connectivity index (χ0n) is 10.3. The molecule has 0 aliphatic rings. The van der Waals surface area contributed by atoms with E-state index in [-0.39, 0.29) is 0 Å². The maximum absolute atomic E-state index is 6.45. The Hall–Kier alpha value is -0.310. The molecule has 1 nitrogen and oxygen atoms in total. The van der Waals surface area contributed by atoms with Gasteiger partial charge in [-0.3, -0.25) is 0 Å². The average Bonchev–Trinajstić information content (AvgIpc) is 2.39. The van der Waals surface area contributed by atoms with Crippen molar-refractivity contribution < 1.29 is 4.74 Å². The van der Waals surface area contributed by atoms with E-state index in [0.717, 1.165) is 5.56 Å². The Bertz CT molecular complexity index is 621. The Kier molecular flexibility index (Phi) is 5.33.